The van der Waals surface area contributed by atoms with E-state index in [-0.39, 0.29) is 10.8 Å². The monoisotopic (exact) mass is 360 g/mol. The highest BCUT2D eigenvalue weighted by Gasteiger charge is 2.19. The van der Waals surface area contributed by atoms with E-state index in [1.807, 2.05) is 20.0 Å². The molecule has 0 radical (unpaired) electrons. The first-order valence-corrected chi connectivity index (χ1v) is 10.1. The number of nitro groups is 1. The summed E-state index contributed by atoms with van der Waals surface area (Å²) in [6, 6.07) is 3.87. The quantitative estimate of drug-likeness (QED) is 0.260. The maximum Gasteiger partial charge on any atom is 0.213 e. The van der Waals surface area contributed by atoms with Crippen LogP contribution in [0.4, 0.5) is 0 Å². The maximum absolute atomic E-state index is 11.0. The number of aryl methyl sites for hydroxylation is 2. The molecule has 1 aromatic heterocycles. The van der Waals surface area contributed by atoms with Crippen molar-refractivity contribution in [1.82, 2.24) is 4.98 Å². The van der Waals surface area contributed by atoms with Crippen molar-refractivity contribution < 1.29 is 4.92 Å². The lowest BCUT2D eigenvalue weighted by atomic mass is 9.88. The van der Waals surface area contributed by atoms with Gasteiger partial charge in [0.1, 0.15) is 0 Å². The molecule has 0 aliphatic heterocycles. The minimum absolute atomic E-state index is 0.137. The standard InChI is InChI=1S/C22H36N2O2/c1-6-20(10-11-21-12-13-23-19(5)16-21)14-17(3)8-9-18(4)15-22(7-2)24(25)26/h8-9,12-13,16-18,20,22H,6-7,10-11,14-15H2,1-5H3/b9-8+. The van der Waals surface area contributed by atoms with Crippen molar-refractivity contribution in [1.29, 1.82) is 0 Å². The molecule has 0 spiro atoms. The third kappa shape index (κ3) is 8.59. The van der Waals surface area contributed by atoms with Gasteiger partial charge in [-0.05, 0) is 61.6 Å². The lowest BCUT2D eigenvalue weighted by Crippen LogP contribution is -2.20. The lowest BCUT2D eigenvalue weighted by molar-refractivity contribution is -0.524. The Labute approximate surface area is 159 Å². The van der Waals surface area contributed by atoms with Crippen LogP contribution in [0.15, 0.2) is 30.5 Å². The van der Waals surface area contributed by atoms with Crippen LogP contribution in [0, 0.1) is 34.8 Å². The summed E-state index contributed by atoms with van der Waals surface area (Å²) in [5.41, 5.74) is 2.46. The van der Waals surface area contributed by atoms with Crippen molar-refractivity contribution in [3.63, 3.8) is 0 Å². The van der Waals surface area contributed by atoms with Crippen molar-refractivity contribution in [2.75, 3.05) is 0 Å². The van der Waals surface area contributed by atoms with Crippen LogP contribution in [0.25, 0.3) is 0 Å². The minimum Gasteiger partial charge on any atom is -0.264 e. The molecule has 0 aliphatic carbocycles. The van der Waals surface area contributed by atoms with Crippen LogP contribution >= 0.6 is 0 Å². The molecule has 26 heavy (non-hydrogen) atoms. The average molecular weight is 361 g/mol. The molecule has 4 atom stereocenters. The highest BCUT2D eigenvalue weighted by molar-refractivity contribution is 5.15. The van der Waals surface area contributed by atoms with Crippen LogP contribution in [0.3, 0.4) is 0 Å². The zero-order valence-electron chi connectivity index (χ0n) is 17.1. The van der Waals surface area contributed by atoms with E-state index in [0.717, 1.165) is 12.1 Å². The Morgan fingerprint density at radius 2 is 1.81 bits per heavy atom. The van der Waals surface area contributed by atoms with Crippen LogP contribution in [0.2, 0.25) is 0 Å². The molecule has 0 aliphatic rings. The minimum atomic E-state index is -0.419. The summed E-state index contributed by atoms with van der Waals surface area (Å²) >= 11 is 0. The summed E-state index contributed by atoms with van der Waals surface area (Å²) < 4.78 is 0. The molecule has 1 heterocycles. The molecule has 146 valence electrons. The molecule has 0 bridgehead atoms. The van der Waals surface area contributed by atoms with Gasteiger partial charge in [0, 0.05) is 29.7 Å². The Hall–Kier alpha value is -1.71. The normalized spacial score (nSPS) is 16.3. The molecule has 0 N–H and O–H groups in total. The van der Waals surface area contributed by atoms with Gasteiger partial charge >= 0.3 is 0 Å². The Morgan fingerprint density at radius 3 is 2.35 bits per heavy atom. The summed E-state index contributed by atoms with van der Waals surface area (Å²) in [4.78, 5) is 15.1. The summed E-state index contributed by atoms with van der Waals surface area (Å²) in [6.45, 7) is 10.5. The van der Waals surface area contributed by atoms with Gasteiger partial charge in [-0.2, -0.15) is 0 Å². The van der Waals surface area contributed by atoms with Crippen LogP contribution in [0.5, 0.6) is 0 Å². The van der Waals surface area contributed by atoms with Crippen molar-refractivity contribution in [3.8, 4) is 0 Å². The average Bonchev–Trinajstić information content (AvgIpc) is 2.61. The van der Waals surface area contributed by atoms with Crippen LogP contribution in [0.1, 0.15) is 71.1 Å². The summed E-state index contributed by atoms with van der Waals surface area (Å²) in [5.74, 6) is 1.48. The maximum atomic E-state index is 11.0. The van der Waals surface area contributed by atoms with Crippen molar-refractivity contribution in [2.24, 2.45) is 17.8 Å². The summed E-state index contributed by atoms with van der Waals surface area (Å²) in [6.07, 6.45) is 12.2. The van der Waals surface area contributed by atoms with E-state index in [4.69, 9.17) is 0 Å². The highest BCUT2D eigenvalue weighted by atomic mass is 16.6. The predicted octanol–water partition coefficient (Wildman–Crippen LogP) is 6.01. The SMILES string of the molecule is CCC(CCc1ccnc(C)c1)CC(C)/C=C/C(C)CC(CC)[N+](=O)[O-]. The fourth-order valence-corrected chi connectivity index (χ4v) is 3.51. The fourth-order valence-electron chi connectivity index (χ4n) is 3.51. The molecule has 0 fully saturated rings. The summed E-state index contributed by atoms with van der Waals surface area (Å²) in [5, 5.41) is 11.0. The van der Waals surface area contributed by atoms with Crippen LogP contribution < -0.4 is 0 Å². The molecule has 4 nitrogen and oxygen atoms in total. The van der Waals surface area contributed by atoms with Crippen molar-refractivity contribution in [2.45, 2.75) is 79.2 Å². The van der Waals surface area contributed by atoms with E-state index in [0.29, 0.717) is 24.7 Å². The van der Waals surface area contributed by atoms with Crippen LogP contribution in [-0.4, -0.2) is 15.9 Å². The van der Waals surface area contributed by atoms with Gasteiger partial charge < -0.3 is 0 Å². The second kappa shape index (κ2) is 11.8. The third-order valence-electron chi connectivity index (χ3n) is 5.27. The van der Waals surface area contributed by atoms with Gasteiger partial charge in [-0.15, -0.1) is 0 Å². The van der Waals surface area contributed by atoms with Gasteiger partial charge in [0.25, 0.3) is 0 Å². The first-order valence-electron chi connectivity index (χ1n) is 10.1. The van der Waals surface area contributed by atoms with Gasteiger partial charge in [0.15, 0.2) is 0 Å². The predicted molar refractivity (Wildman–Crippen MR) is 109 cm³/mol. The molecule has 4 heteroatoms. The molecule has 0 aromatic carbocycles. The number of hydrogen-bond donors (Lipinski definition) is 0. The van der Waals surface area contributed by atoms with E-state index in [1.165, 1.54) is 24.8 Å². The van der Waals surface area contributed by atoms with Gasteiger partial charge in [-0.25, -0.2) is 0 Å². The highest BCUT2D eigenvalue weighted by Crippen LogP contribution is 2.23. The smallest absolute Gasteiger partial charge is 0.213 e. The molecular formula is C22H36N2O2. The first kappa shape index (κ1) is 22.3. The van der Waals surface area contributed by atoms with E-state index < -0.39 is 6.04 Å². The van der Waals surface area contributed by atoms with Gasteiger partial charge in [0.2, 0.25) is 6.04 Å². The molecule has 0 saturated heterocycles. The molecule has 1 rings (SSSR count). The Kier molecular flexibility index (Phi) is 10.2. The Bertz CT molecular complexity index is 571. The van der Waals surface area contributed by atoms with Crippen molar-refractivity contribution in [3.05, 3.63) is 51.9 Å². The molecule has 4 unspecified atom stereocenters. The van der Waals surface area contributed by atoms with E-state index in [9.17, 15) is 10.1 Å². The first-order chi connectivity index (χ1) is 12.3. The van der Waals surface area contributed by atoms with E-state index >= 15 is 0 Å². The lowest BCUT2D eigenvalue weighted by Gasteiger charge is -2.18. The molecular weight excluding hydrogens is 324 g/mol. The Balaban J connectivity index is 2.45. The number of rotatable bonds is 12. The second-order valence-corrected chi connectivity index (χ2v) is 7.78. The molecule has 1 aromatic rings. The molecule has 0 saturated carbocycles. The van der Waals surface area contributed by atoms with E-state index in [1.54, 1.807) is 0 Å². The largest absolute Gasteiger partial charge is 0.264 e. The number of pyridine rings is 1. The molecule has 0 amide bonds. The summed E-state index contributed by atoms with van der Waals surface area (Å²) in [7, 11) is 0. The van der Waals surface area contributed by atoms with Gasteiger partial charge in [-0.3, -0.25) is 15.1 Å². The number of nitrogens with zero attached hydrogens (tertiary/aromatic N) is 2. The number of allylic oxidation sites excluding steroid dienone is 2. The van der Waals surface area contributed by atoms with Crippen LogP contribution in [-0.2, 0) is 6.42 Å². The second-order valence-electron chi connectivity index (χ2n) is 7.78. The number of aromatic nitrogens is 1. The fraction of sp³-hybridized carbons (Fsp3) is 0.682. The van der Waals surface area contributed by atoms with Gasteiger partial charge in [-0.1, -0.05) is 46.3 Å². The zero-order chi connectivity index (χ0) is 19.5. The zero-order valence-corrected chi connectivity index (χ0v) is 17.1. The van der Waals surface area contributed by atoms with Gasteiger partial charge in [0.05, 0.1) is 0 Å². The third-order valence-corrected chi connectivity index (χ3v) is 5.27. The number of hydrogen-bond acceptors (Lipinski definition) is 3. The Morgan fingerprint density at radius 1 is 1.15 bits per heavy atom. The topological polar surface area (TPSA) is 56.0 Å². The van der Waals surface area contributed by atoms with Crippen molar-refractivity contribution >= 4 is 0 Å². The van der Waals surface area contributed by atoms with E-state index in [2.05, 4.69) is 50.0 Å².